The van der Waals surface area contributed by atoms with Gasteiger partial charge in [0.15, 0.2) is 0 Å². The van der Waals surface area contributed by atoms with Gasteiger partial charge in [0, 0.05) is 49.6 Å². The van der Waals surface area contributed by atoms with E-state index in [2.05, 4.69) is 0 Å². The summed E-state index contributed by atoms with van der Waals surface area (Å²) in [4.78, 5) is 16.1. The molecule has 0 unspecified atom stereocenters. The Balaban J connectivity index is 1.61. The first-order chi connectivity index (χ1) is 14.3. The van der Waals surface area contributed by atoms with Gasteiger partial charge in [0.05, 0.1) is 19.8 Å². The molecule has 0 atom stereocenters. The lowest BCUT2D eigenvalue weighted by Gasteiger charge is -2.36. The monoisotopic (exact) mass is 420 g/mol. The number of rotatable bonds is 5. The standard InChI is InChI=1S/C22H23F3N2O3/c1-29-19-8-6-16(20(15-19)30-2)7-9-21(28)27-12-10-26(11-13-27)18-5-3-4-17(14-18)22(23,24)25/h3-9,14-15H,10-13H2,1-2H3. The lowest BCUT2D eigenvalue weighted by atomic mass is 10.1. The minimum Gasteiger partial charge on any atom is -0.497 e. The molecule has 0 aliphatic carbocycles. The molecule has 1 amide bonds. The Morgan fingerprint density at radius 2 is 1.73 bits per heavy atom. The average Bonchev–Trinajstić information content (AvgIpc) is 2.77. The molecule has 0 spiro atoms. The second-order valence-corrected chi connectivity index (χ2v) is 6.80. The smallest absolute Gasteiger partial charge is 0.416 e. The maximum absolute atomic E-state index is 12.9. The van der Waals surface area contributed by atoms with E-state index in [1.54, 1.807) is 49.5 Å². The topological polar surface area (TPSA) is 42.0 Å². The van der Waals surface area contributed by atoms with Gasteiger partial charge in [-0.3, -0.25) is 4.79 Å². The van der Waals surface area contributed by atoms with Gasteiger partial charge in [-0.1, -0.05) is 6.07 Å². The Morgan fingerprint density at radius 1 is 1.00 bits per heavy atom. The summed E-state index contributed by atoms with van der Waals surface area (Å²) in [6, 6.07) is 10.6. The fourth-order valence-electron chi connectivity index (χ4n) is 3.29. The molecule has 1 aliphatic rings. The molecule has 2 aromatic carbocycles. The molecule has 30 heavy (non-hydrogen) atoms. The molecule has 2 aromatic rings. The summed E-state index contributed by atoms with van der Waals surface area (Å²) in [6.07, 6.45) is -1.22. The third-order valence-electron chi connectivity index (χ3n) is 4.98. The Morgan fingerprint density at radius 3 is 2.37 bits per heavy atom. The van der Waals surface area contributed by atoms with Gasteiger partial charge in [0.1, 0.15) is 11.5 Å². The molecular weight excluding hydrogens is 397 g/mol. The van der Waals surface area contributed by atoms with Crippen molar-refractivity contribution in [3.8, 4) is 11.5 Å². The third kappa shape index (κ3) is 5.06. The molecule has 1 aliphatic heterocycles. The van der Waals surface area contributed by atoms with E-state index in [0.29, 0.717) is 43.4 Å². The number of methoxy groups -OCH3 is 2. The van der Waals surface area contributed by atoms with Crippen LogP contribution in [0.3, 0.4) is 0 Å². The van der Waals surface area contributed by atoms with Crippen molar-refractivity contribution in [3.63, 3.8) is 0 Å². The summed E-state index contributed by atoms with van der Waals surface area (Å²) in [5, 5.41) is 0. The molecule has 0 radical (unpaired) electrons. The highest BCUT2D eigenvalue weighted by molar-refractivity contribution is 5.92. The van der Waals surface area contributed by atoms with E-state index < -0.39 is 11.7 Å². The largest absolute Gasteiger partial charge is 0.497 e. The van der Waals surface area contributed by atoms with Gasteiger partial charge in [-0.05, 0) is 36.4 Å². The molecule has 5 nitrogen and oxygen atoms in total. The number of ether oxygens (including phenoxy) is 2. The van der Waals surface area contributed by atoms with Crippen LogP contribution < -0.4 is 14.4 Å². The van der Waals surface area contributed by atoms with Crippen LogP contribution in [-0.2, 0) is 11.0 Å². The second kappa shape index (κ2) is 9.11. The molecule has 1 heterocycles. The Hall–Kier alpha value is -3.16. The molecule has 3 rings (SSSR count). The van der Waals surface area contributed by atoms with Crippen molar-refractivity contribution >= 4 is 17.7 Å². The predicted octanol–water partition coefficient (Wildman–Crippen LogP) is 4.08. The zero-order chi connectivity index (χ0) is 21.7. The van der Waals surface area contributed by atoms with Crippen LogP contribution in [0.15, 0.2) is 48.5 Å². The van der Waals surface area contributed by atoms with Crippen LogP contribution in [0.5, 0.6) is 11.5 Å². The fraction of sp³-hybridized carbons (Fsp3) is 0.318. The molecule has 0 N–H and O–H groups in total. The first-order valence-corrected chi connectivity index (χ1v) is 9.43. The number of carbonyl (C=O) groups is 1. The summed E-state index contributed by atoms with van der Waals surface area (Å²) >= 11 is 0. The van der Waals surface area contributed by atoms with E-state index in [9.17, 15) is 18.0 Å². The second-order valence-electron chi connectivity index (χ2n) is 6.80. The van der Waals surface area contributed by atoms with Crippen LogP contribution >= 0.6 is 0 Å². The van der Waals surface area contributed by atoms with Gasteiger partial charge in [-0.2, -0.15) is 13.2 Å². The Labute approximate surface area is 173 Å². The van der Waals surface area contributed by atoms with Gasteiger partial charge in [0.2, 0.25) is 5.91 Å². The molecule has 8 heteroatoms. The van der Waals surface area contributed by atoms with Crippen LogP contribution in [0.2, 0.25) is 0 Å². The van der Waals surface area contributed by atoms with E-state index in [0.717, 1.165) is 17.7 Å². The normalized spacial score (nSPS) is 14.8. The summed E-state index contributed by atoms with van der Waals surface area (Å²) < 4.78 is 49.3. The summed E-state index contributed by atoms with van der Waals surface area (Å²) in [6.45, 7) is 1.79. The Kier molecular flexibility index (Phi) is 6.54. The van der Waals surface area contributed by atoms with Crippen LogP contribution in [0.4, 0.5) is 18.9 Å². The lowest BCUT2D eigenvalue weighted by Crippen LogP contribution is -2.48. The first-order valence-electron chi connectivity index (χ1n) is 9.43. The highest BCUT2D eigenvalue weighted by Gasteiger charge is 2.31. The van der Waals surface area contributed by atoms with Crippen molar-refractivity contribution < 1.29 is 27.4 Å². The van der Waals surface area contributed by atoms with Gasteiger partial charge in [0.25, 0.3) is 0 Å². The van der Waals surface area contributed by atoms with Crippen LogP contribution in [-0.4, -0.2) is 51.2 Å². The number of hydrogen-bond acceptors (Lipinski definition) is 4. The molecule has 0 aromatic heterocycles. The SMILES string of the molecule is COc1ccc(C=CC(=O)N2CCN(c3cccc(C(F)(F)F)c3)CC2)c(OC)c1. The molecular formula is C22H23F3N2O3. The summed E-state index contributed by atoms with van der Waals surface area (Å²) in [7, 11) is 3.10. The highest BCUT2D eigenvalue weighted by Crippen LogP contribution is 2.32. The molecule has 0 saturated carbocycles. The quantitative estimate of drug-likeness (QED) is 0.684. The first kappa shape index (κ1) is 21.5. The van der Waals surface area contributed by atoms with E-state index >= 15 is 0 Å². The van der Waals surface area contributed by atoms with Crippen molar-refractivity contribution in [2.75, 3.05) is 45.3 Å². The number of anilines is 1. The highest BCUT2D eigenvalue weighted by atomic mass is 19.4. The minimum absolute atomic E-state index is 0.156. The van der Waals surface area contributed by atoms with Gasteiger partial charge in [-0.15, -0.1) is 0 Å². The number of amides is 1. The minimum atomic E-state index is -4.37. The number of piperazine rings is 1. The van der Waals surface area contributed by atoms with E-state index in [-0.39, 0.29) is 5.91 Å². The molecule has 160 valence electrons. The number of alkyl halides is 3. The van der Waals surface area contributed by atoms with Crippen molar-refractivity contribution in [1.82, 2.24) is 4.90 Å². The van der Waals surface area contributed by atoms with Crippen molar-refractivity contribution in [1.29, 1.82) is 0 Å². The summed E-state index contributed by atoms with van der Waals surface area (Å²) in [5.41, 5.74) is 0.583. The third-order valence-corrected chi connectivity index (χ3v) is 4.98. The Bertz CT molecular complexity index is 920. The number of nitrogens with zero attached hydrogens (tertiary/aromatic N) is 2. The maximum Gasteiger partial charge on any atom is 0.416 e. The average molecular weight is 420 g/mol. The van der Waals surface area contributed by atoms with Gasteiger partial charge < -0.3 is 19.3 Å². The van der Waals surface area contributed by atoms with E-state index in [4.69, 9.17) is 9.47 Å². The van der Waals surface area contributed by atoms with Crippen LogP contribution in [0.1, 0.15) is 11.1 Å². The maximum atomic E-state index is 12.9. The zero-order valence-electron chi connectivity index (χ0n) is 16.8. The number of benzene rings is 2. The molecule has 1 fully saturated rings. The lowest BCUT2D eigenvalue weighted by molar-refractivity contribution is -0.137. The number of hydrogen-bond donors (Lipinski definition) is 0. The van der Waals surface area contributed by atoms with Crippen molar-refractivity contribution in [2.24, 2.45) is 0 Å². The number of halogens is 3. The number of carbonyl (C=O) groups excluding carboxylic acids is 1. The van der Waals surface area contributed by atoms with Crippen molar-refractivity contribution in [2.45, 2.75) is 6.18 Å². The zero-order valence-corrected chi connectivity index (χ0v) is 16.8. The van der Waals surface area contributed by atoms with E-state index in [1.165, 1.54) is 12.1 Å². The van der Waals surface area contributed by atoms with Crippen LogP contribution in [0.25, 0.3) is 6.08 Å². The fourth-order valence-corrected chi connectivity index (χ4v) is 3.29. The van der Waals surface area contributed by atoms with Crippen LogP contribution in [0, 0.1) is 0 Å². The van der Waals surface area contributed by atoms with Gasteiger partial charge in [-0.25, -0.2) is 0 Å². The molecule has 0 bridgehead atoms. The van der Waals surface area contributed by atoms with E-state index in [1.807, 2.05) is 4.90 Å². The van der Waals surface area contributed by atoms with Gasteiger partial charge >= 0.3 is 6.18 Å². The summed E-state index contributed by atoms with van der Waals surface area (Å²) in [5.74, 6) is 1.09. The molecule has 1 saturated heterocycles. The predicted molar refractivity (Wildman–Crippen MR) is 109 cm³/mol. The van der Waals surface area contributed by atoms with Crippen molar-refractivity contribution in [3.05, 3.63) is 59.7 Å².